The van der Waals surface area contributed by atoms with Crippen LogP contribution in [-0.2, 0) is 16.1 Å². The zero-order valence-corrected chi connectivity index (χ0v) is 21.6. The number of nitrogens with one attached hydrogen (secondary N) is 2. The number of aliphatic hydroxyl groups is 1. The number of aliphatic carboxylic acids is 1. The van der Waals surface area contributed by atoms with Gasteiger partial charge in [-0.1, -0.05) is 62.7 Å². The molecule has 2 aromatic rings. The minimum atomic E-state index is -1.16. The standard InChI is InChI=1S/C26H40N4O4S/c1-3-18(2)24(28-13-21(27)17-35)15-30(16-25(32)29-23(11-12-31)26(33)34)14-20-9-6-8-19-7-4-5-10-22(19)20/h4-10,18,21,23-24,28,31,35H,3,11-17,27H2,1-2H3,(H,29,32)(H,33,34)/t18-,21-,23+,24-/m1/s1. The first-order chi connectivity index (χ1) is 16.8. The van der Waals surface area contributed by atoms with Crippen molar-refractivity contribution >= 4 is 35.3 Å². The molecule has 0 saturated heterocycles. The summed E-state index contributed by atoms with van der Waals surface area (Å²) in [4.78, 5) is 26.4. The normalized spacial score (nSPS) is 15.0. The fraction of sp³-hybridized carbons (Fsp3) is 0.538. The number of carbonyl (C=O) groups excluding carboxylic acids is 1. The number of hydrogen-bond acceptors (Lipinski definition) is 7. The van der Waals surface area contributed by atoms with Gasteiger partial charge in [0.1, 0.15) is 6.04 Å². The van der Waals surface area contributed by atoms with Crippen LogP contribution in [-0.4, -0.2) is 77.1 Å². The smallest absolute Gasteiger partial charge is 0.326 e. The van der Waals surface area contributed by atoms with Crippen molar-refractivity contribution in [1.29, 1.82) is 0 Å². The van der Waals surface area contributed by atoms with Crippen LogP contribution in [0.3, 0.4) is 0 Å². The zero-order chi connectivity index (χ0) is 25.8. The van der Waals surface area contributed by atoms with E-state index in [0.717, 1.165) is 22.8 Å². The molecule has 9 heteroatoms. The predicted octanol–water partition coefficient (Wildman–Crippen LogP) is 1.86. The molecule has 0 bridgehead atoms. The van der Waals surface area contributed by atoms with E-state index in [-0.39, 0.29) is 37.6 Å². The molecule has 0 saturated carbocycles. The summed E-state index contributed by atoms with van der Waals surface area (Å²) in [5, 5.41) is 26.9. The summed E-state index contributed by atoms with van der Waals surface area (Å²) in [6.45, 7) is 5.74. The van der Waals surface area contributed by atoms with E-state index in [1.54, 1.807) is 0 Å². The molecular weight excluding hydrogens is 464 g/mol. The van der Waals surface area contributed by atoms with E-state index in [4.69, 9.17) is 10.8 Å². The van der Waals surface area contributed by atoms with Crippen molar-refractivity contribution in [2.75, 3.05) is 32.0 Å². The Balaban J connectivity index is 2.27. The minimum absolute atomic E-state index is 0.0334. The van der Waals surface area contributed by atoms with Crippen molar-refractivity contribution in [2.45, 2.75) is 51.4 Å². The molecule has 2 rings (SSSR count). The van der Waals surface area contributed by atoms with Crippen LogP contribution >= 0.6 is 12.6 Å². The first-order valence-electron chi connectivity index (χ1n) is 12.2. The summed E-state index contributed by atoms with van der Waals surface area (Å²) in [5.41, 5.74) is 7.17. The van der Waals surface area contributed by atoms with Crippen LogP contribution in [0.5, 0.6) is 0 Å². The van der Waals surface area contributed by atoms with Gasteiger partial charge in [0.2, 0.25) is 5.91 Å². The maximum Gasteiger partial charge on any atom is 0.326 e. The van der Waals surface area contributed by atoms with Crippen molar-refractivity contribution in [3.05, 3.63) is 48.0 Å². The lowest BCUT2D eigenvalue weighted by atomic mass is 9.97. The number of nitrogens with zero attached hydrogens (tertiary/aromatic N) is 1. The fourth-order valence-corrected chi connectivity index (χ4v) is 4.19. The van der Waals surface area contributed by atoms with E-state index < -0.39 is 12.0 Å². The lowest BCUT2D eigenvalue weighted by Gasteiger charge is -2.32. The summed E-state index contributed by atoms with van der Waals surface area (Å²) < 4.78 is 0. The second-order valence-corrected chi connectivity index (χ2v) is 9.49. The molecule has 0 aromatic heterocycles. The summed E-state index contributed by atoms with van der Waals surface area (Å²) in [6, 6.07) is 13.1. The Labute approximate surface area is 213 Å². The second kappa shape index (κ2) is 15.1. The predicted molar refractivity (Wildman–Crippen MR) is 144 cm³/mol. The molecule has 0 aliphatic rings. The van der Waals surface area contributed by atoms with Crippen LogP contribution in [0, 0.1) is 5.92 Å². The van der Waals surface area contributed by atoms with Crippen LogP contribution in [0.2, 0.25) is 0 Å². The highest BCUT2D eigenvalue weighted by atomic mass is 32.1. The Morgan fingerprint density at radius 3 is 2.54 bits per heavy atom. The number of carboxylic acid groups (broad SMARTS) is 1. The van der Waals surface area contributed by atoms with Crippen LogP contribution in [0.1, 0.15) is 32.3 Å². The van der Waals surface area contributed by atoms with Crippen molar-refractivity contribution in [1.82, 2.24) is 15.5 Å². The van der Waals surface area contributed by atoms with Crippen LogP contribution in [0.15, 0.2) is 42.5 Å². The van der Waals surface area contributed by atoms with Gasteiger partial charge in [-0.15, -0.1) is 0 Å². The fourth-order valence-electron chi connectivity index (χ4n) is 4.06. The Morgan fingerprint density at radius 1 is 1.17 bits per heavy atom. The summed E-state index contributed by atoms with van der Waals surface area (Å²) in [6.07, 6.45) is 0.919. The molecule has 0 aliphatic carbocycles. The molecule has 8 nitrogen and oxygen atoms in total. The molecule has 0 fully saturated rings. The van der Waals surface area contributed by atoms with E-state index in [9.17, 15) is 14.7 Å². The van der Waals surface area contributed by atoms with Gasteiger partial charge >= 0.3 is 5.97 Å². The van der Waals surface area contributed by atoms with E-state index in [0.29, 0.717) is 31.3 Å². The molecule has 35 heavy (non-hydrogen) atoms. The summed E-state index contributed by atoms with van der Waals surface area (Å²) >= 11 is 4.28. The molecule has 0 aliphatic heterocycles. The molecule has 2 aromatic carbocycles. The molecule has 0 heterocycles. The van der Waals surface area contributed by atoms with Crippen LogP contribution in [0.25, 0.3) is 10.8 Å². The molecule has 0 radical (unpaired) electrons. The number of carboxylic acids is 1. The number of fused-ring (bicyclic) bond motifs is 1. The third-order valence-corrected chi connectivity index (χ3v) is 6.82. The number of amides is 1. The Hall–Kier alpha value is -2.17. The largest absolute Gasteiger partial charge is 0.480 e. The highest BCUT2D eigenvalue weighted by Crippen LogP contribution is 2.21. The third kappa shape index (κ3) is 9.42. The lowest BCUT2D eigenvalue weighted by molar-refractivity contribution is -0.142. The van der Waals surface area contributed by atoms with Crippen LogP contribution < -0.4 is 16.4 Å². The van der Waals surface area contributed by atoms with Gasteiger partial charge in [0.25, 0.3) is 0 Å². The number of thiol groups is 1. The maximum absolute atomic E-state index is 12.9. The molecular formula is C26H40N4O4S. The van der Waals surface area contributed by atoms with Gasteiger partial charge in [-0.3, -0.25) is 9.69 Å². The van der Waals surface area contributed by atoms with Gasteiger partial charge in [0.15, 0.2) is 0 Å². The van der Waals surface area contributed by atoms with Crippen molar-refractivity contribution < 1.29 is 19.8 Å². The number of rotatable bonds is 16. The number of nitrogens with two attached hydrogens (primary N) is 1. The minimum Gasteiger partial charge on any atom is -0.480 e. The summed E-state index contributed by atoms with van der Waals surface area (Å²) in [5.74, 6) is -0.639. The van der Waals surface area contributed by atoms with Crippen molar-refractivity contribution in [3.63, 3.8) is 0 Å². The van der Waals surface area contributed by atoms with Gasteiger partial charge in [-0.25, -0.2) is 4.79 Å². The highest BCUT2D eigenvalue weighted by molar-refractivity contribution is 7.80. The average Bonchev–Trinajstić information content (AvgIpc) is 2.85. The SMILES string of the molecule is CC[C@@H](C)[C@@H](CN(CC(=O)N[C@@H](CCO)C(=O)O)Cc1cccc2ccccc12)NC[C@@H](N)CS. The lowest BCUT2D eigenvalue weighted by Crippen LogP contribution is -2.51. The van der Waals surface area contributed by atoms with Crippen molar-refractivity contribution in [3.8, 4) is 0 Å². The quantitative estimate of drug-likeness (QED) is 0.193. The van der Waals surface area contributed by atoms with Gasteiger partial charge in [0, 0.05) is 50.5 Å². The van der Waals surface area contributed by atoms with E-state index in [1.165, 1.54) is 0 Å². The Kier molecular flexibility index (Phi) is 12.5. The van der Waals surface area contributed by atoms with E-state index in [2.05, 4.69) is 61.4 Å². The number of benzene rings is 2. The molecule has 6 N–H and O–H groups in total. The van der Waals surface area contributed by atoms with Gasteiger partial charge < -0.3 is 26.6 Å². The first-order valence-corrected chi connectivity index (χ1v) is 12.8. The number of carbonyl (C=O) groups is 2. The Morgan fingerprint density at radius 2 is 1.89 bits per heavy atom. The van der Waals surface area contributed by atoms with Gasteiger partial charge in [-0.05, 0) is 22.3 Å². The Bertz CT molecular complexity index is 939. The topological polar surface area (TPSA) is 128 Å². The van der Waals surface area contributed by atoms with E-state index in [1.807, 2.05) is 23.1 Å². The molecule has 194 valence electrons. The average molecular weight is 505 g/mol. The molecule has 1 amide bonds. The van der Waals surface area contributed by atoms with Crippen LogP contribution in [0.4, 0.5) is 0 Å². The molecule has 4 atom stereocenters. The highest BCUT2D eigenvalue weighted by Gasteiger charge is 2.24. The van der Waals surface area contributed by atoms with E-state index >= 15 is 0 Å². The van der Waals surface area contributed by atoms with Gasteiger partial charge in [-0.2, -0.15) is 12.6 Å². The second-order valence-electron chi connectivity index (χ2n) is 9.12. The third-order valence-electron chi connectivity index (χ3n) is 6.35. The first kappa shape index (κ1) is 29.1. The molecule has 0 unspecified atom stereocenters. The number of aliphatic hydroxyl groups excluding tert-OH is 1. The van der Waals surface area contributed by atoms with Crippen molar-refractivity contribution in [2.24, 2.45) is 11.7 Å². The molecule has 0 spiro atoms. The summed E-state index contributed by atoms with van der Waals surface area (Å²) in [7, 11) is 0. The monoisotopic (exact) mass is 504 g/mol. The maximum atomic E-state index is 12.9. The zero-order valence-electron chi connectivity index (χ0n) is 20.7. The van der Waals surface area contributed by atoms with Gasteiger partial charge in [0.05, 0.1) is 6.54 Å². The number of hydrogen-bond donors (Lipinski definition) is 6.